The van der Waals surface area contributed by atoms with Crippen molar-refractivity contribution in [2.45, 2.75) is 25.7 Å². The third-order valence-electron chi connectivity index (χ3n) is 3.38. The Balaban J connectivity index is 1.87. The first-order valence-electron chi connectivity index (χ1n) is 6.21. The van der Waals surface area contributed by atoms with E-state index in [0.717, 1.165) is 6.42 Å². The molecule has 0 N–H and O–H groups in total. The molecule has 1 saturated carbocycles. The number of ether oxygens (including phenoxy) is 2. The van der Waals surface area contributed by atoms with Crippen LogP contribution in [-0.2, 0) is 4.74 Å². The highest BCUT2D eigenvalue weighted by Crippen LogP contribution is 2.29. The Labute approximate surface area is 106 Å². The molecule has 0 aliphatic heterocycles. The molecule has 2 rings (SSSR count). The first kappa shape index (κ1) is 12.9. The molecule has 0 saturated heterocycles. The number of rotatable bonds is 5. The summed E-state index contributed by atoms with van der Waals surface area (Å²) in [5, 5.41) is 0. The fraction of sp³-hybridized carbons (Fsp3) is 0.500. The molecular formula is C14H17FO3. The summed E-state index contributed by atoms with van der Waals surface area (Å²) in [6.07, 6.45) is 4.58. The van der Waals surface area contributed by atoms with Crippen molar-refractivity contribution in [2.24, 2.45) is 5.92 Å². The number of methoxy groups -OCH3 is 1. The van der Waals surface area contributed by atoms with Crippen molar-refractivity contribution in [3.8, 4) is 5.75 Å². The quantitative estimate of drug-likeness (QED) is 0.755. The molecule has 3 nitrogen and oxygen atoms in total. The molecule has 0 amide bonds. The molecule has 1 fully saturated rings. The van der Waals surface area contributed by atoms with Gasteiger partial charge in [-0.05, 0) is 24.5 Å². The Bertz CT molecular complexity index is 427. The lowest BCUT2D eigenvalue weighted by molar-refractivity contribution is 0.0459. The number of benzene rings is 1. The van der Waals surface area contributed by atoms with E-state index >= 15 is 0 Å². The fourth-order valence-corrected chi connectivity index (χ4v) is 1.97. The van der Waals surface area contributed by atoms with Gasteiger partial charge in [-0.3, -0.25) is 0 Å². The van der Waals surface area contributed by atoms with Gasteiger partial charge in [0.2, 0.25) is 0 Å². The molecule has 1 aromatic carbocycles. The van der Waals surface area contributed by atoms with Gasteiger partial charge in [-0.15, -0.1) is 0 Å². The van der Waals surface area contributed by atoms with E-state index in [2.05, 4.69) is 0 Å². The van der Waals surface area contributed by atoms with Crippen molar-refractivity contribution in [1.29, 1.82) is 0 Å². The molecule has 1 aromatic rings. The van der Waals surface area contributed by atoms with Crippen LogP contribution < -0.4 is 4.74 Å². The Morgan fingerprint density at radius 3 is 2.78 bits per heavy atom. The monoisotopic (exact) mass is 252 g/mol. The van der Waals surface area contributed by atoms with E-state index in [-0.39, 0.29) is 5.56 Å². The zero-order valence-electron chi connectivity index (χ0n) is 10.4. The highest BCUT2D eigenvalue weighted by molar-refractivity contribution is 5.89. The van der Waals surface area contributed by atoms with Gasteiger partial charge in [0, 0.05) is 6.07 Å². The number of hydrogen-bond acceptors (Lipinski definition) is 3. The molecule has 0 aromatic heterocycles. The Morgan fingerprint density at radius 2 is 2.22 bits per heavy atom. The zero-order chi connectivity index (χ0) is 13.0. The molecule has 18 heavy (non-hydrogen) atoms. The summed E-state index contributed by atoms with van der Waals surface area (Å²) in [6.45, 7) is 0.370. The second-order valence-corrected chi connectivity index (χ2v) is 4.57. The number of esters is 1. The van der Waals surface area contributed by atoms with Crippen molar-refractivity contribution in [1.82, 2.24) is 0 Å². The Kier molecular flexibility index (Phi) is 4.18. The normalized spacial score (nSPS) is 15.0. The van der Waals surface area contributed by atoms with Gasteiger partial charge in [0.25, 0.3) is 0 Å². The molecule has 1 aliphatic rings. The minimum Gasteiger partial charge on any atom is -0.497 e. The van der Waals surface area contributed by atoms with Gasteiger partial charge in [-0.2, -0.15) is 0 Å². The van der Waals surface area contributed by atoms with Gasteiger partial charge >= 0.3 is 5.97 Å². The van der Waals surface area contributed by atoms with Crippen LogP contribution in [0.3, 0.4) is 0 Å². The molecule has 4 heteroatoms. The first-order valence-corrected chi connectivity index (χ1v) is 6.21. The first-order chi connectivity index (χ1) is 8.70. The second-order valence-electron chi connectivity index (χ2n) is 4.57. The zero-order valence-corrected chi connectivity index (χ0v) is 10.4. The van der Waals surface area contributed by atoms with Crippen LogP contribution in [-0.4, -0.2) is 19.7 Å². The average molecular weight is 252 g/mol. The van der Waals surface area contributed by atoms with Gasteiger partial charge in [-0.1, -0.05) is 19.3 Å². The topological polar surface area (TPSA) is 35.5 Å². The molecule has 0 spiro atoms. The fourth-order valence-electron chi connectivity index (χ4n) is 1.97. The van der Waals surface area contributed by atoms with E-state index < -0.39 is 11.8 Å². The third-order valence-corrected chi connectivity index (χ3v) is 3.38. The second kappa shape index (κ2) is 5.85. The van der Waals surface area contributed by atoms with E-state index in [0.29, 0.717) is 18.3 Å². The summed E-state index contributed by atoms with van der Waals surface area (Å²) >= 11 is 0. The maximum absolute atomic E-state index is 13.6. The summed E-state index contributed by atoms with van der Waals surface area (Å²) in [5.74, 6) is -0.144. The predicted molar refractivity (Wildman–Crippen MR) is 65.2 cm³/mol. The van der Waals surface area contributed by atoms with Crippen molar-refractivity contribution in [3.05, 3.63) is 29.6 Å². The highest BCUT2D eigenvalue weighted by atomic mass is 19.1. The van der Waals surface area contributed by atoms with Crippen LogP contribution in [0.1, 0.15) is 36.0 Å². The minimum absolute atomic E-state index is 0.0376. The van der Waals surface area contributed by atoms with E-state index in [9.17, 15) is 9.18 Å². The molecule has 0 atom stereocenters. The Hall–Kier alpha value is -1.58. The van der Waals surface area contributed by atoms with Crippen molar-refractivity contribution < 1.29 is 18.7 Å². The van der Waals surface area contributed by atoms with Crippen LogP contribution in [0, 0.1) is 11.7 Å². The standard InChI is InChI=1S/C14H17FO3/c1-17-11-5-6-12(13(15)9-11)14(16)18-8-7-10-3-2-4-10/h5-6,9-10H,2-4,7-8H2,1H3. The van der Waals surface area contributed by atoms with Crippen LogP contribution in [0.2, 0.25) is 0 Å². The van der Waals surface area contributed by atoms with Gasteiger partial charge in [0.1, 0.15) is 11.6 Å². The van der Waals surface area contributed by atoms with Crippen LogP contribution in [0.5, 0.6) is 5.75 Å². The highest BCUT2D eigenvalue weighted by Gasteiger charge is 2.19. The van der Waals surface area contributed by atoms with E-state index in [4.69, 9.17) is 9.47 Å². The predicted octanol–water partition coefficient (Wildman–Crippen LogP) is 3.18. The molecule has 98 valence electrons. The number of carbonyl (C=O) groups excluding carboxylic acids is 1. The van der Waals surface area contributed by atoms with Crippen molar-refractivity contribution in [2.75, 3.05) is 13.7 Å². The van der Waals surface area contributed by atoms with E-state index in [1.165, 1.54) is 38.5 Å². The summed E-state index contributed by atoms with van der Waals surface area (Å²) in [4.78, 5) is 11.6. The number of halogens is 1. The lowest BCUT2D eigenvalue weighted by Crippen LogP contribution is -2.16. The van der Waals surface area contributed by atoms with Gasteiger partial charge in [0.05, 0.1) is 19.3 Å². The maximum Gasteiger partial charge on any atom is 0.341 e. The summed E-state index contributed by atoms with van der Waals surface area (Å²) in [6, 6.07) is 4.12. The summed E-state index contributed by atoms with van der Waals surface area (Å²) < 4.78 is 23.5. The molecule has 0 bridgehead atoms. The van der Waals surface area contributed by atoms with Crippen LogP contribution in [0.25, 0.3) is 0 Å². The van der Waals surface area contributed by atoms with E-state index in [1.54, 1.807) is 6.07 Å². The smallest absolute Gasteiger partial charge is 0.341 e. The molecule has 1 aliphatic carbocycles. The van der Waals surface area contributed by atoms with Crippen molar-refractivity contribution >= 4 is 5.97 Å². The molecular weight excluding hydrogens is 235 g/mol. The largest absolute Gasteiger partial charge is 0.497 e. The van der Waals surface area contributed by atoms with Gasteiger partial charge in [-0.25, -0.2) is 9.18 Å². The van der Waals surface area contributed by atoms with E-state index in [1.807, 2.05) is 0 Å². The minimum atomic E-state index is -0.608. The van der Waals surface area contributed by atoms with Crippen LogP contribution >= 0.6 is 0 Å². The summed E-state index contributed by atoms with van der Waals surface area (Å²) in [7, 11) is 1.45. The summed E-state index contributed by atoms with van der Waals surface area (Å²) in [5.41, 5.74) is -0.0376. The number of carbonyl (C=O) groups is 1. The van der Waals surface area contributed by atoms with Crippen molar-refractivity contribution in [3.63, 3.8) is 0 Å². The lowest BCUT2D eigenvalue weighted by atomic mass is 9.83. The third kappa shape index (κ3) is 3.00. The SMILES string of the molecule is COc1ccc(C(=O)OCCC2CCC2)c(F)c1. The number of hydrogen-bond donors (Lipinski definition) is 0. The molecule has 0 heterocycles. The van der Waals surface area contributed by atoms with Crippen LogP contribution in [0.4, 0.5) is 4.39 Å². The average Bonchev–Trinajstić information content (AvgIpc) is 2.31. The maximum atomic E-state index is 13.6. The molecule has 0 unspecified atom stereocenters. The molecule has 0 radical (unpaired) electrons. The van der Waals surface area contributed by atoms with Crippen LogP contribution in [0.15, 0.2) is 18.2 Å². The Morgan fingerprint density at radius 1 is 1.44 bits per heavy atom. The van der Waals surface area contributed by atoms with Gasteiger partial charge < -0.3 is 9.47 Å². The lowest BCUT2D eigenvalue weighted by Gasteiger charge is -2.24. The van der Waals surface area contributed by atoms with Gasteiger partial charge in [0.15, 0.2) is 0 Å².